The molecule has 1 aliphatic heterocycles. The van der Waals surface area contributed by atoms with E-state index in [1.807, 2.05) is 31.2 Å². The number of nitrogens with one attached hydrogen (secondary N) is 1. The third kappa shape index (κ3) is 3.05. The predicted molar refractivity (Wildman–Crippen MR) is 96.6 cm³/mol. The largest absolute Gasteiger partial charge is 0.354 e. The van der Waals surface area contributed by atoms with Gasteiger partial charge >= 0.3 is 0 Å². The van der Waals surface area contributed by atoms with Gasteiger partial charge in [-0.15, -0.1) is 0 Å². The van der Waals surface area contributed by atoms with Gasteiger partial charge < -0.3 is 10.2 Å². The first-order valence-electron chi connectivity index (χ1n) is 8.54. The van der Waals surface area contributed by atoms with Crippen LogP contribution in [0.5, 0.6) is 0 Å². The molecule has 0 saturated carbocycles. The highest BCUT2D eigenvalue weighted by Gasteiger charge is 2.23. The lowest BCUT2D eigenvalue weighted by Crippen LogP contribution is -2.27. The highest BCUT2D eigenvalue weighted by Crippen LogP contribution is 2.28. The topological polar surface area (TPSA) is 75.9 Å². The van der Waals surface area contributed by atoms with Crippen LogP contribution < -0.4 is 10.2 Å². The SMILES string of the molecule is CC(C(=O)Nc1nc2ccccc2nc1N1CCCC1)n1cccn1. The molecule has 1 N–H and O–H groups in total. The molecule has 0 spiro atoms. The number of fused-ring (bicyclic) bond motifs is 1. The molecule has 128 valence electrons. The van der Waals surface area contributed by atoms with E-state index in [4.69, 9.17) is 4.98 Å². The van der Waals surface area contributed by atoms with Crippen molar-refractivity contribution in [1.82, 2.24) is 19.7 Å². The molecular formula is C18H20N6O. The average Bonchev–Trinajstić information content (AvgIpc) is 3.34. The molecule has 7 heteroatoms. The molecule has 1 unspecified atom stereocenters. The van der Waals surface area contributed by atoms with Gasteiger partial charge in [0.25, 0.3) is 0 Å². The molecule has 3 heterocycles. The molecule has 25 heavy (non-hydrogen) atoms. The maximum absolute atomic E-state index is 12.7. The van der Waals surface area contributed by atoms with Gasteiger partial charge in [0.2, 0.25) is 5.91 Å². The summed E-state index contributed by atoms with van der Waals surface area (Å²) in [6, 6.07) is 9.10. The van der Waals surface area contributed by atoms with Crippen molar-refractivity contribution in [2.75, 3.05) is 23.3 Å². The third-order valence-electron chi connectivity index (χ3n) is 4.50. The molecule has 3 aromatic rings. The highest BCUT2D eigenvalue weighted by molar-refractivity contribution is 5.96. The van der Waals surface area contributed by atoms with Crippen LogP contribution in [0.15, 0.2) is 42.7 Å². The van der Waals surface area contributed by atoms with Crippen molar-refractivity contribution in [1.29, 1.82) is 0 Å². The summed E-state index contributed by atoms with van der Waals surface area (Å²) in [6.07, 6.45) is 5.70. The Morgan fingerprint density at radius 2 is 1.84 bits per heavy atom. The molecule has 1 saturated heterocycles. The lowest BCUT2D eigenvalue weighted by atomic mass is 10.3. The van der Waals surface area contributed by atoms with E-state index in [1.165, 1.54) is 0 Å². The first-order chi connectivity index (χ1) is 12.2. The minimum absolute atomic E-state index is 0.159. The number of hydrogen-bond donors (Lipinski definition) is 1. The standard InChI is InChI=1S/C18H20N6O/c1-13(24-12-6-9-19-24)18(25)22-16-17(23-10-4-5-11-23)21-15-8-3-2-7-14(15)20-16/h2-3,6-9,12-13H,4-5,10-11H2,1H3,(H,20,22,25). The van der Waals surface area contributed by atoms with Gasteiger partial charge in [-0.25, -0.2) is 9.97 Å². The van der Waals surface area contributed by atoms with Crippen molar-refractivity contribution in [3.63, 3.8) is 0 Å². The summed E-state index contributed by atoms with van der Waals surface area (Å²) in [5.41, 5.74) is 1.61. The summed E-state index contributed by atoms with van der Waals surface area (Å²) in [6.45, 7) is 3.68. The molecule has 4 rings (SSSR count). The van der Waals surface area contributed by atoms with Crippen LogP contribution in [0.1, 0.15) is 25.8 Å². The van der Waals surface area contributed by atoms with Crippen molar-refractivity contribution in [2.45, 2.75) is 25.8 Å². The summed E-state index contributed by atoms with van der Waals surface area (Å²) in [5, 5.41) is 7.09. The van der Waals surface area contributed by atoms with Gasteiger partial charge in [-0.05, 0) is 38.0 Å². The van der Waals surface area contributed by atoms with Gasteiger partial charge in [0.1, 0.15) is 6.04 Å². The fraction of sp³-hybridized carbons (Fsp3) is 0.333. The van der Waals surface area contributed by atoms with Crippen LogP contribution in [0.25, 0.3) is 11.0 Å². The van der Waals surface area contributed by atoms with Crippen molar-refractivity contribution < 1.29 is 4.79 Å². The molecule has 0 bridgehead atoms. The maximum atomic E-state index is 12.7. The molecule has 1 aliphatic rings. The number of aromatic nitrogens is 4. The van der Waals surface area contributed by atoms with Gasteiger partial charge in [-0.3, -0.25) is 9.48 Å². The number of hydrogen-bond acceptors (Lipinski definition) is 5. The Morgan fingerprint density at radius 3 is 2.52 bits per heavy atom. The minimum atomic E-state index is -0.422. The minimum Gasteiger partial charge on any atom is -0.354 e. The van der Waals surface area contributed by atoms with E-state index in [0.29, 0.717) is 5.82 Å². The van der Waals surface area contributed by atoms with Crippen molar-refractivity contribution >= 4 is 28.6 Å². The molecule has 0 aliphatic carbocycles. The normalized spacial score (nSPS) is 15.5. The maximum Gasteiger partial charge on any atom is 0.250 e. The van der Waals surface area contributed by atoms with Crippen molar-refractivity contribution in [2.24, 2.45) is 0 Å². The summed E-state index contributed by atoms with van der Waals surface area (Å²) in [7, 11) is 0. The Labute approximate surface area is 145 Å². The van der Waals surface area contributed by atoms with Gasteiger partial charge in [0, 0.05) is 25.5 Å². The quantitative estimate of drug-likeness (QED) is 0.792. The van der Waals surface area contributed by atoms with Gasteiger partial charge in [-0.2, -0.15) is 5.10 Å². The van der Waals surface area contributed by atoms with E-state index in [1.54, 1.807) is 23.1 Å². The van der Waals surface area contributed by atoms with Crippen LogP contribution in [0.4, 0.5) is 11.6 Å². The number of rotatable bonds is 4. The van der Waals surface area contributed by atoms with Gasteiger partial charge in [0.05, 0.1) is 11.0 Å². The zero-order valence-corrected chi connectivity index (χ0v) is 14.1. The van der Waals surface area contributed by atoms with Crippen molar-refractivity contribution in [3.05, 3.63) is 42.7 Å². The monoisotopic (exact) mass is 336 g/mol. The van der Waals surface area contributed by atoms with Crippen LogP contribution >= 0.6 is 0 Å². The Bertz CT molecular complexity index is 886. The lowest BCUT2D eigenvalue weighted by molar-refractivity contribution is -0.119. The molecule has 1 aromatic carbocycles. The number of amides is 1. The molecule has 1 atom stereocenters. The predicted octanol–water partition coefficient (Wildman–Crippen LogP) is 2.63. The zero-order chi connectivity index (χ0) is 17.2. The second-order valence-electron chi connectivity index (χ2n) is 6.23. The van der Waals surface area contributed by atoms with Crippen LogP contribution in [0.3, 0.4) is 0 Å². The molecule has 2 aromatic heterocycles. The number of benzene rings is 1. The van der Waals surface area contributed by atoms with Crippen LogP contribution in [0.2, 0.25) is 0 Å². The number of carbonyl (C=O) groups excluding carboxylic acids is 1. The summed E-state index contributed by atoms with van der Waals surface area (Å²) in [5.74, 6) is 1.11. The molecule has 0 radical (unpaired) electrons. The van der Waals surface area contributed by atoms with Crippen LogP contribution in [0, 0.1) is 0 Å². The first kappa shape index (κ1) is 15.6. The third-order valence-corrected chi connectivity index (χ3v) is 4.50. The van der Waals surface area contributed by atoms with E-state index < -0.39 is 6.04 Å². The number of nitrogens with zero attached hydrogens (tertiary/aromatic N) is 5. The molecule has 1 amide bonds. The fourth-order valence-corrected chi connectivity index (χ4v) is 3.08. The molecular weight excluding hydrogens is 316 g/mol. The van der Waals surface area contributed by atoms with Crippen LogP contribution in [-0.2, 0) is 4.79 Å². The zero-order valence-electron chi connectivity index (χ0n) is 14.1. The van der Waals surface area contributed by atoms with E-state index >= 15 is 0 Å². The molecule has 1 fully saturated rings. The number of para-hydroxylation sites is 2. The second-order valence-corrected chi connectivity index (χ2v) is 6.23. The van der Waals surface area contributed by atoms with E-state index in [9.17, 15) is 4.79 Å². The highest BCUT2D eigenvalue weighted by atomic mass is 16.2. The Kier molecular flexibility index (Phi) is 4.05. The lowest BCUT2D eigenvalue weighted by Gasteiger charge is -2.21. The number of anilines is 2. The Balaban J connectivity index is 1.69. The summed E-state index contributed by atoms with van der Waals surface area (Å²) < 4.78 is 1.62. The summed E-state index contributed by atoms with van der Waals surface area (Å²) in [4.78, 5) is 24.3. The smallest absolute Gasteiger partial charge is 0.250 e. The van der Waals surface area contributed by atoms with E-state index in [2.05, 4.69) is 20.3 Å². The fourth-order valence-electron chi connectivity index (χ4n) is 3.08. The Morgan fingerprint density at radius 1 is 1.12 bits per heavy atom. The number of carbonyl (C=O) groups is 1. The van der Waals surface area contributed by atoms with E-state index in [0.717, 1.165) is 42.8 Å². The average molecular weight is 336 g/mol. The van der Waals surface area contributed by atoms with Crippen molar-refractivity contribution in [3.8, 4) is 0 Å². The second kappa shape index (κ2) is 6.51. The van der Waals surface area contributed by atoms with Crippen LogP contribution in [-0.4, -0.2) is 38.7 Å². The summed E-state index contributed by atoms with van der Waals surface area (Å²) >= 11 is 0. The van der Waals surface area contributed by atoms with Gasteiger partial charge in [0.15, 0.2) is 11.6 Å². The first-order valence-corrected chi connectivity index (χ1v) is 8.54. The van der Waals surface area contributed by atoms with E-state index in [-0.39, 0.29) is 5.91 Å². The molecule has 7 nitrogen and oxygen atoms in total. The van der Waals surface area contributed by atoms with Gasteiger partial charge in [-0.1, -0.05) is 12.1 Å². The Hall–Kier alpha value is -2.96.